The smallest absolute Gasteiger partial charge is 0.140 e. The monoisotopic (exact) mass is 354 g/mol. The summed E-state index contributed by atoms with van der Waals surface area (Å²) in [4.78, 5) is 0. The highest BCUT2D eigenvalue weighted by Crippen LogP contribution is 2.37. The average molecular weight is 354 g/mol. The molecule has 4 heteroatoms. The second kappa shape index (κ2) is 8.50. The highest BCUT2D eigenvalue weighted by atomic mass is 19.1. The molecule has 0 unspecified atom stereocenters. The number of hydrogen-bond donors (Lipinski definition) is 1. The van der Waals surface area contributed by atoms with Crippen LogP contribution in [-0.4, -0.2) is 19.3 Å². The van der Waals surface area contributed by atoms with E-state index in [0.717, 1.165) is 0 Å². The molecule has 0 fully saturated rings. The summed E-state index contributed by atoms with van der Waals surface area (Å²) >= 11 is 0. The molecular weight excluding hydrogens is 331 g/mol. The molecule has 0 radical (unpaired) electrons. The Labute approximate surface area is 153 Å². The van der Waals surface area contributed by atoms with Crippen molar-refractivity contribution in [2.75, 3.05) is 14.2 Å². The summed E-state index contributed by atoms with van der Waals surface area (Å²) in [5.41, 5.74) is 0.00567. The van der Waals surface area contributed by atoms with E-state index in [1.807, 2.05) is 6.92 Å². The molecule has 1 N–H and O–H groups in total. The topological polar surface area (TPSA) is 38.7 Å². The molecule has 0 aliphatic carbocycles. The number of rotatable bonds is 7. The molecule has 0 saturated heterocycles. The Balaban J connectivity index is 2.53. The van der Waals surface area contributed by atoms with Gasteiger partial charge in [-0.25, -0.2) is 4.39 Å². The van der Waals surface area contributed by atoms with Crippen LogP contribution in [0.25, 0.3) is 0 Å². The molecule has 0 aliphatic rings. The van der Waals surface area contributed by atoms with Gasteiger partial charge in [0.05, 0.1) is 14.2 Å². The summed E-state index contributed by atoms with van der Waals surface area (Å²) < 4.78 is 23.7. The number of methoxy groups -OCH3 is 2. The molecule has 2 rings (SSSR count). The number of ether oxygens (including phenoxy) is 2. The molecule has 136 valence electrons. The molecule has 2 aromatic rings. The second-order valence-electron chi connectivity index (χ2n) is 5.70. The molecule has 0 spiro atoms. The molecule has 0 aliphatic heterocycles. The molecule has 0 saturated carbocycles. The van der Waals surface area contributed by atoms with Crippen LogP contribution in [0.4, 0.5) is 4.39 Å². The second-order valence-corrected chi connectivity index (χ2v) is 5.70. The van der Waals surface area contributed by atoms with Gasteiger partial charge in [-0.05, 0) is 60.0 Å². The summed E-state index contributed by atoms with van der Waals surface area (Å²) in [6.07, 6.45) is 5.21. The van der Waals surface area contributed by atoms with E-state index >= 15 is 0 Å². The van der Waals surface area contributed by atoms with Crippen LogP contribution in [0.1, 0.15) is 18.1 Å². The van der Waals surface area contributed by atoms with E-state index in [4.69, 9.17) is 9.47 Å². The fraction of sp³-hybridized carbons (Fsp3) is 0.182. The van der Waals surface area contributed by atoms with E-state index in [9.17, 15) is 9.50 Å². The highest BCUT2D eigenvalue weighted by Gasteiger charge is 2.33. The van der Waals surface area contributed by atoms with Crippen molar-refractivity contribution in [2.24, 2.45) is 0 Å². The predicted octanol–water partition coefficient (Wildman–Crippen LogP) is 4.73. The van der Waals surface area contributed by atoms with Gasteiger partial charge in [-0.15, -0.1) is 0 Å². The molecule has 1 atom stereocenters. The summed E-state index contributed by atoms with van der Waals surface area (Å²) in [5.74, 6) is 0.942. The fourth-order valence-electron chi connectivity index (χ4n) is 2.65. The quantitative estimate of drug-likeness (QED) is 0.577. The minimum atomic E-state index is -1.52. The van der Waals surface area contributed by atoms with Gasteiger partial charge in [-0.2, -0.15) is 0 Å². The van der Waals surface area contributed by atoms with E-state index in [2.05, 4.69) is 6.58 Å². The van der Waals surface area contributed by atoms with Gasteiger partial charge in [0.1, 0.15) is 22.9 Å². The highest BCUT2D eigenvalue weighted by molar-refractivity contribution is 5.49. The van der Waals surface area contributed by atoms with Gasteiger partial charge in [-0.1, -0.05) is 36.9 Å². The number of hydrogen-bond acceptors (Lipinski definition) is 3. The van der Waals surface area contributed by atoms with Crippen molar-refractivity contribution in [1.29, 1.82) is 0 Å². The van der Waals surface area contributed by atoms with Crippen molar-refractivity contribution in [3.63, 3.8) is 0 Å². The lowest BCUT2D eigenvalue weighted by atomic mass is 9.80. The van der Waals surface area contributed by atoms with Gasteiger partial charge in [0, 0.05) is 0 Å². The van der Waals surface area contributed by atoms with Crippen molar-refractivity contribution in [2.45, 2.75) is 12.5 Å². The van der Waals surface area contributed by atoms with Crippen molar-refractivity contribution < 1.29 is 19.0 Å². The fourth-order valence-corrected chi connectivity index (χ4v) is 2.65. The van der Waals surface area contributed by atoms with Gasteiger partial charge in [-0.3, -0.25) is 0 Å². The Kier molecular flexibility index (Phi) is 6.36. The van der Waals surface area contributed by atoms with Crippen LogP contribution in [0, 0.1) is 5.82 Å². The Hall–Kier alpha value is -2.85. The molecule has 0 heterocycles. The van der Waals surface area contributed by atoms with Gasteiger partial charge < -0.3 is 14.6 Å². The molecule has 3 nitrogen and oxygen atoms in total. The largest absolute Gasteiger partial charge is 0.497 e. The lowest BCUT2D eigenvalue weighted by molar-refractivity contribution is 0.125. The van der Waals surface area contributed by atoms with Crippen molar-refractivity contribution >= 4 is 0 Å². The first-order valence-electron chi connectivity index (χ1n) is 8.16. The zero-order valence-electron chi connectivity index (χ0n) is 15.2. The van der Waals surface area contributed by atoms with E-state index < -0.39 is 5.60 Å². The third kappa shape index (κ3) is 4.03. The van der Waals surface area contributed by atoms with E-state index in [1.165, 1.54) is 12.1 Å². The first-order chi connectivity index (χ1) is 12.4. The number of aliphatic hydroxyl groups is 1. The van der Waals surface area contributed by atoms with Crippen molar-refractivity contribution in [1.82, 2.24) is 0 Å². The van der Waals surface area contributed by atoms with Crippen LogP contribution < -0.4 is 4.74 Å². The zero-order valence-corrected chi connectivity index (χ0v) is 15.2. The first-order valence-corrected chi connectivity index (χ1v) is 8.16. The SMILES string of the molecule is C=C(/C=C\C(=C/C)OC)[C@](O)(c1ccc(F)cc1)c1ccc(OC)cc1. The Morgan fingerprint density at radius 1 is 1.00 bits per heavy atom. The minimum Gasteiger partial charge on any atom is -0.497 e. The lowest BCUT2D eigenvalue weighted by Gasteiger charge is -2.30. The van der Waals surface area contributed by atoms with Crippen LogP contribution in [0.15, 0.2) is 84.7 Å². The maximum atomic E-state index is 13.4. The van der Waals surface area contributed by atoms with Crippen LogP contribution in [-0.2, 0) is 10.3 Å². The summed E-state index contributed by atoms with van der Waals surface area (Å²) in [6.45, 7) is 5.89. The predicted molar refractivity (Wildman–Crippen MR) is 101 cm³/mol. The van der Waals surface area contributed by atoms with Gasteiger partial charge in [0.25, 0.3) is 0 Å². The summed E-state index contributed by atoms with van der Waals surface area (Å²) in [5, 5.41) is 11.6. The molecule has 26 heavy (non-hydrogen) atoms. The van der Waals surface area contributed by atoms with E-state index in [-0.39, 0.29) is 5.82 Å². The molecular formula is C22H23FO3. The van der Waals surface area contributed by atoms with Crippen molar-refractivity contribution in [3.8, 4) is 5.75 Å². The van der Waals surface area contributed by atoms with Crippen LogP contribution in [0.5, 0.6) is 5.75 Å². The van der Waals surface area contributed by atoms with E-state index in [1.54, 1.807) is 68.8 Å². The number of halogens is 1. The van der Waals surface area contributed by atoms with Crippen LogP contribution >= 0.6 is 0 Å². The lowest BCUT2D eigenvalue weighted by Crippen LogP contribution is -2.28. The van der Waals surface area contributed by atoms with Gasteiger partial charge in [0.2, 0.25) is 0 Å². The normalized spacial score (nSPS) is 14.1. The minimum absolute atomic E-state index is 0.373. The first kappa shape index (κ1) is 19.5. The molecule has 0 amide bonds. The standard InChI is InChI=1S/C22H23FO3/c1-5-20(25-3)13-6-16(2)22(24,17-7-11-19(23)12-8-17)18-9-14-21(26-4)15-10-18/h5-15,24H,2H2,1,3-4H3/b13-6-,20-5+/t22-/m0/s1. The van der Waals surface area contributed by atoms with Crippen molar-refractivity contribution in [3.05, 3.63) is 102 Å². The van der Waals surface area contributed by atoms with Gasteiger partial charge in [0.15, 0.2) is 0 Å². The Morgan fingerprint density at radius 3 is 2.00 bits per heavy atom. The average Bonchev–Trinajstić information content (AvgIpc) is 2.68. The summed E-state index contributed by atoms with van der Waals surface area (Å²) in [7, 11) is 3.14. The Morgan fingerprint density at radius 2 is 1.54 bits per heavy atom. The molecule has 0 bridgehead atoms. The number of allylic oxidation sites excluding steroid dienone is 2. The Bertz CT molecular complexity index is 804. The van der Waals surface area contributed by atoms with Crippen LogP contribution in [0.2, 0.25) is 0 Å². The van der Waals surface area contributed by atoms with Gasteiger partial charge >= 0.3 is 0 Å². The number of benzene rings is 2. The summed E-state index contributed by atoms with van der Waals surface area (Å²) in [6, 6.07) is 12.8. The third-order valence-electron chi connectivity index (χ3n) is 4.20. The third-order valence-corrected chi connectivity index (χ3v) is 4.20. The maximum absolute atomic E-state index is 13.4. The molecule has 0 aromatic heterocycles. The van der Waals surface area contributed by atoms with Crippen LogP contribution in [0.3, 0.4) is 0 Å². The van der Waals surface area contributed by atoms with E-state index in [0.29, 0.717) is 28.2 Å². The zero-order chi connectivity index (χ0) is 19.2. The maximum Gasteiger partial charge on any atom is 0.140 e. The molecule has 2 aromatic carbocycles.